The van der Waals surface area contributed by atoms with Gasteiger partial charge in [-0.15, -0.1) is 0 Å². The first-order valence-electron chi connectivity index (χ1n) is 4.78. The molecule has 0 bridgehead atoms. The standard InChI is InChI=1S/C11H15N3/c1-7-4-9(13)5-10-8(2-3-12)6-14-11(7)10/h4-6,14H,2-3,12-13H2,1H3. The lowest BCUT2D eigenvalue weighted by atomic mass is 10.1. The predicted molar refractivity (Wildman–Crippen MR) is 60.2 cm³/mol. The van der Waals surface area contributed by atoms with Crippen LogP contribution in [0.25, 0.3) is 10.9 Å². The number of H-pyrrole nitrogens is 1. The Kier molecular flexibility index (Phi) is 2.17. The summed E-state index contributed by atoms with van der Waals surface area (Å²) in [4.78, 5) is 3.26. The number of benzene rings is 1. The van der Waals surface area contributed by atoms with E-state index < -0.39 is 0 Å². The SMILES string of the molecule is Cc1cc(N)cc2c(CCN)c[nH]c12. The smallest absolute Gasteiger partial charge is 0.0488 e. The molecule has 3 nitrogen and oxygen atoms in total. The molecule has 0 aliphatic heterocycles. The third-order valence-electron chi connectivity index (χ3n) is 2.51. The number of nitrogen functional groups attached to an aromatic ring is 1. The molecule has 0 radical (unpaired) electrons. The van der Waals surface area contributed by atoms with Crippen LogP contribution in [0, 0.1) is 6.92 Å². The Bertz CT molecular complexity index is 457. The van der Waals surface area contributed by atoms with Crippen molar-refractivity contribution in [1.29, 1.82) is 0 Å². The van der Waals surface area contributed by atoms with E-state index in [0.717, 1.165) is 12.1 Å². The molecule has 1 heterocycles. The summed E-state index contributed by atoms with van der Waals surface area (Å²) < 4.78 is 0. The van der Waals surface area contributed by atoms with Crippen molar-refractivity contribution in [1.82, 2.24) is 4.98 Å². The number of aromatic nitrogens is 1. The van der Waals surface area contributed by atoms with E-state index in [1.165, 1.54) is 22.0 Å². The fourth-order valence-electron chi connectivity index (χ4n) is 1.86. The first-order valence-corrected chi connectivity index (χ1v) is 4.78. The second-order valence-electron chi connectivity index (χ2n) is 3.61. The van der Waals surface area contributed by atoms with Crippen molar-refractivity contribution in [3.63, 3.8) is 0 Å². The van der Waals surface area contributed by atoms with Crippen LogP contribution in [0.5, 0.6) is 0 Å². The molecule has 0 spiro atoms. The van der Waals surface area contributed by atoms with E-state index in [-0.39, 0.29) is 0 Å². The van der Waals surface area contributed by atoms with E-state index in [9.17, 15) is 0 Å². The van der Waals surface area contributed by atoms with Crippen LogP contribution < -0.4 is 11.5 Å². The van der Waals surface area contributed by atoms with Gasteiger partial charge in [-0.2, -0.15) is 0 Å². The number of aromatic amines is 1. The second kappa shape index (κ2) is 3.35. The maximum atomic E-state index is 5.80. The molecule has 1 aromatic heterocycles. The number of aryl methyl sites for hydroxylation is 1. The molecule has 14 heavy (non-hydrogen) atoms. The van der Waals surface area contributed by atoms with Gasteiger partial charge in [0.1, 0.15) is 0 Å². The van der Waals surface area contributed by atoms with Gasteiger partial charge in [0.05, 0.1) is 0 Å². The van der Waals surface area contributed by atoms with Crippen LogP contribution in [0.3, 0.4) is 0 Å². The molecular formula is C11H15N3. The quantitative estimate of drug-likeness (QED) is 0.627. The molecule has 2 aromatic rings. The van der Waals surface area contributed by atoms with Gasteiger partial charge < -0.3 is 16.5 Å². The van der Waals surface area contributed by atoms with Crippen LogP contribution in [0.1, 0.15) is 11.1 Å². The van der Waals surface area contributed by atoms with Crippen LogP contribution in [0.15, 0.2) is 18.3 Å². The first kappa shape index (κ1) is 9.09. The third kappa shape index (κ3) is 1.36. The van der Waals surface area contributed by atoms with E-state index in [1.54, 1.807) is 0 Å². The van der Waals surface area contributed by atoms with Gasteiger partial charge in [0.25, 0.3) is 0 Å². The van der Waals surface area contributed by atoms with Crippen LogP contribution >= 0.6 is 0 Å². The average Bonchev–Trinajstić information content (AvgIpc) is 2.49. The lowest BCUT2D eigenvalue weighted by molar-refractivity contribution is 0.976. The van der Waals surface area contributed by atoms with Crippen molar-refractivity contribution in [2.24, 2.45) is 5.73 Å². The maximum Gasteiger partial charge on any atom is 0.0488 e. The second-order valence-corrected chi connectivity index (χ2v) is 3.61. The number of anilines is 1. The number of fused-ring (bicyclic) bond motifs is 1. The number of hydrogen-bond donors (Lipinski definition) is 3. The van der Waals surface area contributed by atoms with Crippen molar-refractivity contribution in [3.8, 4) is 0 Å². The zero-order valence-corrected chi connectivity index (χ0v) is 8.30. The fraction of sp³-hybridized carbons (Fsp3) is 0.273. The van der Waals surface area contributed by atoms with E-state index in [2.05, 4.69) is 11.9 Å². The molecule has 0 unspecified atom stereocenters. The first-order chi connectivity index (χ1) is 6.72. The molecule has 0 aliphatic rings. The van der Waals surface area contributed by atoms with Crippen molar-refractivity contribution in [2.75, 3.05) is 12.3 Å². The summed E-state index contributed by atoms with van der Waals surface area (Å²) >= 11 is 0. The van der Waals surface area contributed by atoms with Crippen molar-refractivity contribution < 1.29 is 0 Å². The van der Waals surface area contributed by atoms with E-state index in [4.69, 9.17) is 11.5 Å². The van der Waals surface area contributed by atoms with Crippen LogP contribution in [-0.2, 0) is 6.42 Å². The zero-order chi connectivity index (χ0) is 10.1. The van der Waals surface area contributed by atoms with Crippen molar-refractivity contribution >= 4 is 16.6 Å². The largest absolute Gasteiger partial charge is 0.399 e. The Morgan fingerprint density at radius 2 is 2.14 bits per heavy atom. The molecular weight excluding hydrogens is 174 g/mol. The Hall–Kier alpha value is -1.48. The van der Waals surface area contributed by atoms with Crippen molar-refractivity contribution in [3.05, 3.63) is 29.5 Å². The molecule has 0 fully saturated rings. The molecule has 0 saturated carbocycles. The van der Waals surface area contributed by atoms with Gasteiger partial charge >= 0.3 is 0 Å². The molecule has 74 valence electrons. The van der Waals surface area contributed by atoms with Crippen LogP contribution in [-0.4, -0.2) is 11.5 Å². The van der Waals surface area contributed by atoms with Gasteiger partial charge in [0, 0.05) is 22.8 Å². The van der Waals surface area contributed by atoms with E-state index >= 15 is 0 Å². The van der Waals surface area contributed by atoms with Crippen molar-refractivity contribution in [2.45, 2.75) is 13.3 Å². The summed E-state index contributed by atoms with van der Waals surface area (Å²) in [6.07, 6.45) is 2.91. The van der Waals surface area contributed by atoms with E-state index in [0.29, 0.717) is 6.54 Å². The molecule has 5 N–H and O–H groups in total. The maximum absolute atomic E-state index is 5.80. The third-order valence-corrected chi connectivity index (χ3v) is 2.51. The minimum atomic E-state index is 0.667. The molecule has 0 saturated heterocycles. The Labute approximate surface area is 83.1 Å². The summed E-state index contributed by atoms with van der Waals surface area (Å²) in [7, 11) is 0. The average molecular weight is 189 g/mol. The number of hydrogen-bond acceptors (Lipinski definition) is 2. The summed E-state index contributed by atoms with van der Waals surface area (Å²) in [5.41, 5.74) is 15.8. The van der Waals surface area contributed by atoms with Gasteiger partial charge in [0.15, 0.2) is 0 Å². The summed E-state index contributed by atoms with van der Waals surface area (Å²) in [6.45, 7) is 2.72. The van der Waals surface area contributed by atoms with Crippen LogP contribution in [0.4, 0.5) is 5.69 Å². The Morgan fingerprint density at radius 3 is 2.86 bits per heavy atom. The normalized spacial score (nSPS) is 11.0. The highest BCUT2D eigenvalue weighted by molar-refractivity contribution is 5.88. The monoisotopic (exact) mass is 189 g/mol. The topological polar surface area (TPSA) is 67.8 Å². The molecule has 0 aliphatic carbocycles. The highest BCUT2D eigenvalue weighted by Crippen LogP contribution is 2.24. The summed E-state index contributed by atoms with van der Waals surface area (Å²) in [5.74, 6) is 0. The Morgan fingerprint density at radius 1 is 1.36 bits per heavy atom. The molecule has 2 rings (SSSR count). The van der Waals surface area contributed by atoms with Gasteiger partial charge in [-0.1, -0.05) is 0 Å². The van der Waals surface area contributed by atoms with Gasteiger partial charge in [-0.05, 0) is 43.1 Å². The zero-order valence-electron chi connectivity index (χ0n) is 8.30. The van der Waals surface area contributed by atoms with Gasteiger partial charge in [-0.3, -0.25) is 0 Å². The molecule has 3 heteroatoms. The fourth-order valence-corrected chi connectivity index (χ4v) is 1.86. The number of nitrogens with two attached hydrogens (primary N) is 2. The highest BCUT2D eigenvalue weighted by Gasteiger charge is 2.05. The minimum Gasteiger partial charge on any atom is -0.399 e. The highest BCUT2D eigenvalue weighted by atomic mass is 14.7. The van der Waals surface area contributed by atoms with Gasteiger partial charge in [-0.25, -0.2) is 0 Å². The van der Waals surface area contributed by atoms with Crippen LogP contribution in [0.2, 0.25) is 0 Å². The summed E-state index contributed by atoms with van der Waals surface area (Å²) in [5, 5.41) is 1.20. The lowest BCUT2D eigenvalue weighted by Gasteiger charge is -2.01. The summed E-state index contributed by atoms with van der Waals surface area (Å²) in [6, 6.07) is 3.98. The number of nitrogens with one attached hydrogen (secondary N) is 1. The van der Waals surface area contributed by atoms with E-state index in [1.807, 2.05) is 18.3 Å². The molecule has 0 amide bonds. The molecule has 0 atom stereocenters. The minimum absolute atomic E-state index is 0.667. The Balaban J connectivity index is 2.66. The molecule has 1 aromatic carbocycles. The number of rotatable bonds is 2. The lowest BCUT2D eigenvalue weighted by Crippen LogP contribution is -2.01. The predicted octanol–water partition coefficient (Wildman–Crippen LogP) is 1.56. The van der Waals surface area contributed by atoms with Gasteiger partial charge in [0.2, 0.25) is 0 Å².